The van der Waals surface area contributed by atoms with Crippen LogP contribution < -0.4 is 11.1 Å². The molecular weight excluding hydrogens is 495 g/mol. The molecule has 0 radical (unpaired) electrons. The number of hydrogen-bond donors (Lipinski definition) is 2. The van der Waals surface area contributed by atoms with E-state index < -0.39 is 23.7 Å². The highest BCUT2D eigenvalue weighted by Gasteiger charge is 2.35. The van der Waals surface area contributed by atoms with Crippen molar-refractivity contribution in [2.75, 3.05) is 5.32 Å². The molecule has 0 aromatic carbocycles. The molecule has 178 valence electrons. The number of alkyl halides is 3. The molecule has 4 aromatic rings. The first-order chi connectivity index (χ1) is 16.0. The first kappa shape index (κ1) is 23.7. The van der Waals surface area contributed by atoms with Crippen LogP contribution >= 0.6 is 22.9 Å². The van der Waals surface area contributed by atoms with Gasteiger partial charge in [0, 0.05) is 42.9 Å². The Balaban J connectivity index is 1.84. The van der Waals surface area contributed by atoms with Crippen molar-refractivity contribution in [3.05, 3.63) is 45.9 Å². The highest BCUT2D eigenvalue weighted by molar-refractivity contribution is 7.21. The van der Waals surface area contributed by atoms with Gasteiger partial charge in [0.1, 0.15) is 15.4 Å². The molecule has 4 aromatic heterocycles. The third-order valence-corrected chi connectivity index (χ3v) is 6.43. The molecule has 9 nitrogen and oxygen atoms in total. The van der Waals surface area contributed by atoms with Gasteiger partial charge in [-0.2, -0.15) is 23.4 Å². The number of aryl methyl sites for hydroxylation is 2. The van der Waals surface area contributed by atoms with Gasteiger partial charge < -0.3 is 11.1 Å². The molecule has 14 heteroatoms. The Morgan fingerprint density at radius 1 is 1.24 bits per heavy atom. The molecule has 0 spiro atoms. The van der Waals surface area contributed by atoms with Crippen LogP contribution in [0.2, 0.25) is 5.02 Å². The van der Waals surface area contributed by atoms with E-state index in [-0.39, 0.29) is 39.3 Å². The van der Waals surface area contributed by atoms with E-state index in [1.165, 1.54) is 28.0 Å². The minimum absolute atomic E-state index is 0.00970. The van der Waals surface area contributed by atoms with Crippen LogP contribution in [0.3, 0.4) is 0 Å². The lowest BCUT2D eigenvalue weighted by Crippen LogP contribution is -2.18. The fraction of sp³-hybridized carbons (Fsp3) is 0.250. The van der Waals surface area contributed by atoms with E-state index in [9.17, 15) is 22.8 Å². The maximum absolute atomic E-state index is 13.6. The second kappa shape index (κ2) is 8.72. The van der Waals surface area contributed by atoms with E-state index in [0.29, 0.717) is 27.6 Å². The average molecular weight is 512 g/mol. The molecule has 0 fully saturated rings. The number of thiophene rings is 1. The zero-order chi connectivity index (χ0) is 24.8. The quantitative estimate of drug-likeness (QED) is 0.405. The number of fused-ring (bicyclic) bond motifs is 1. The molecule has 0 aliphatic carbocycles. The van der Waals surface area contributed by atoms with Crippen molar-refractivity contribution in [3.63, 3.8) is 0 Å². The Kier molecular flexibility index (Phi) is 6.08. The van der Waals surface area contributed by atoms with Gasteiger partial charge >= 0.3 is 6.18 Å². The van der Waals surface area contributed by atoms with Crippen molar-refractivity contribution in [3.8, 4) is 11.1 Å². The number of anilines is 1. The third kappa shape index (κ3) is 4.48. The van der Waals surface area contributed by atoms with Crippen LogP contribution in [-0.4, -0.2) is 36.4 Å². The number of primary amides is 1. The molecule has 2 amide bonds. The van der Waals surface area contributed by atoms with Gasteiger partial charge in [0.15, 0.2) is 0 Å². The van der Waals surface area contributed by atoms with Gasteiger partial charge in [0.05, 0.1) is 23.1 Å². The highest BCUT2D eigenvalue weighted by atomic mass is 35.5. The van der Waals surface area contributed by atoms with Gasteiger partial charge in [-0.15, -0.1) is 11.3 Å². The number of nitrogens with two attached hydrogens (primary N) is 1. The predicted octanol–water partition coefficient (Wildman–Crippen LogP) is 4.00. The van der Waals surface area contributed by atoms with Crippen molar-refractivity contribution in [2.45, 2.75) is 26.1 Å². The fourth-order valence-electron chi connectivity index (χ4n) is 3.39. The largest absolute Gasteiger partial charge is 0.433 e. The Morgan fingerprint density at radius 3 is 2.53 bits per heavy atom. The monoisotopic (exact) mass is 511 g/mol. The normalized spacial score (nSPS) is 11.8. The first-order valence-electron chi connectivity index (χ1n) is 9.77. The molecular formula is C20H17ClF3N7O2S. The Morgan fingerprint density at radius 2 is 1.97 bits per heavy atom. The number of aromatic nitrogens is 5. The van der Waals surface area contributed by atoms with Crippen LogP contribution in [0.15, 0.2) is 24.7 Å². The molecule has 4 rings (SSSR count). The molecule has 34 heavy (non-hydrogen) atoms. The van der Waals surface area contributed by atoms with Crippen LogP contribution in [0.4, 0.5) is 18.9 Å². The smallest absolute Gasteiger partial charge is 0.365 e. The van der Waals surface area contributed by atoms with Crippen molar-refractivity contribution >= 4 is 50.7 Å². The van der Waals surface area contributed by atoms with E-state index in [1.54, 1.807) is 14.0 Å². The van der Waals surface area contributed by atoms with Gasteiger partial charge in [-0.3, -0.25) is 19.0 Å². The molecule has 0 aliphatic heterocycles. The van der Waals surface area contributed by atoms with Crippen molar-refractivity contribution < 1.29 is 22.8 Å². The zero-order valence-corrected chi connectivity index (χ0v) is 19.3. The van der Waals surface area contributed by atoms with Gasteiger partial charge in [0.25, 0.3) is 5.91 Å². The van der Waals surface area contributed by atoms with Crippen LogP contribution in [-0.2, 0) is 24.6 Å². The number of nitrogens with zero attached hydrogens (tertiary/aromatic N) is 5. The predicted molar refractivity (Wildman–Crippen MR) is 121 cm³/mol. The summed E-state index contributed by atoms with van der Waals surface area (Å²) in [5.41, 5.74) is 5.48. The Hall–Kier alpha value is -3.45. The number of halogens is 4. The van der Waals surface area contributed by atoms with Crippen molar-refractivity contribution in [1.82, 2.24) is 24.5 Å². The number of nitrogens with one attached hydrogen (secondary N) is 1. The summed E-state index contributed by atoms with van der Waals surface area (Å²) in [5, 5.41) is 11.3. The number of amides is 2. The number of rotatable bonds is 6. The van der Waals surface area contributed by atoms with E-state index in [4.69, 9.17) is 17.3 Å². The molecule has 0 atom stereocenters. The average Bonchev–Trinajstić information content (AvgIpc) is 3.43. The van der Waals surface area contributed by atoms with Gasteiger partial charge in [0.2, 0.25) is 5.91 Å². The van der Waals surface area contributed by atoms with Gasteiger partial charge in [-0.05, 0) is 18.6 Å². The highest BCUT2D eigenvalue weighted by Crippen LogP contribution is 2.44. The van der Waals surface area contributed by atoms with Crippen LogP contribution in [0.25, 0.3) is 21.3 Å². The second-order valence-corrected chi connectivity index (χ2v) is 8.83. The van der Waals surface area contributed by atoms with E-state index in [0.717, 1.165) is 6.07 Å². The molecule has 0 bridgehead atoms. The summed E-state index contributed by atoms with van der Waals surface area (Å²) < 4.78 is 43.8. The van der Waals surface area contributed by atoms with E-state index in [2.05, 4.69) is 20.5 Å². The summed E-state index contributed by atoms with van der Waals surface area (Å²) >= 11 is 6.50. The number of pyridine rings is 1. The molecule has 0 aliphatic rings. The summed E-state index contributed by atoms with van der Waals surface area (Å²) in [4.78, 5) is 28.4. The Labute approximate surface area is 199 Å². The summed E-state index contributed by atoms with van der Waals surface area (Å²) in [6.45, 7) is 1.88. The van der Waals surface area contributed by atoms with Crippen LogP contribution in [0.1, 0.15) is 27.5 Å². The summed E-state index contributed by atoms with van der Waals surface area (Å²) in [5.74, 6) is -1.40. The zero-order valence-electron chi connectivity index (χ0n) is 17.8. The number of carbonyl (C=O) groups excluding carboxylic acids is 2. The molecule has 3 N–H and O–H groups in total. The molecule has 4 heterocycles. The summed E-state index contributed by atoms with van der Waals surface area (Å²) in [6, 6.07) is 0.880. The molecule has 0 saturated carbocycles. The Bertz CT molecular complexity index is 1420. The van der Waals surface area contributed by atoms with Gasteiger partial charge in [-0.25, -0.2) is 4.98 Å². The number of carbonyl (C=O) groups is 2. The SMILES string of the molecule is Cc1c(-c2cc(C(F)(F)F)nc3sc(C(N)=O)c(NC(=O)CCn4cc(Cl)cn4)c23)cnn1C. The first-order valence-corrected chi connectivity index (χ1v) is 11.0. The second-order valence-electron chi connectivity index (χ2n) is 7.39. The minimum atomic E-state index is -4.73. The van der Waals surface area contributed by atoms with E-state index in [1.807, 2.05) is 0 Å². The summed E-state index contributed by atoms with van der Waals surface area (Å²) in [6.07, 6.45) is -0.398. The lowest BCUT2D eigenvalue weighted by molar-refractivity contribution is -0.140. The maximum Gasteiger partial charge on any atom is 0.433 e. The van der Waals surface area contributed by atoms with Crippen LogP contribution in [0.5, 0.6) is 0 Å². The molecule has 0 unspecified atom stereocenters. The topological polar surface area (TPSA) is 121 Å². The number of hydrogen-bond acceptors (Lipinski definition) is 6. The molecule has 0 saturated heterocycles. The van der Waals surface area contributed by atoms with Crippen LogP contribution in [0, 0.1) is 6.92 Å². The van der Waals surface area contributed by atoms with Gasteiger partial charge in [-0.1, -0.05) is 11.6 Å². The minimum Gasteiger partial charge on any atom is -0.365 e. The van der Waals surface area contributed by atoms with Crippen molar-refractivity contribution in [1.29, 1.82) is 0 Å². The van der Waals surface area contributed by atoms with Crippen molar-refractivity contribution in [2.24, 2.45) is 12.8 Å². The third-order valence-electron chi connectivity index (χ3n) is 5.14. The summed E-state index contributed by atoms with van der Waals surface area (Å²) in [7, 11) is 1.65. The van der Waals surface area contributed by atoms with E-state index >= 15 is 0 Å². The standard InChI is InChI=1S/C20H17ClF3N7O2S/c1-9-12(7-26-30(9)2)11-5-13(20(22,23)24)28-19-15(11)16(17(34-19)18(25)33)29-14(32)3-4-31-8-10(21)6-27-31/h5-8H,3-4H2,1-2H3,(H2,25,33)(H,29,32). The maximum atomic E-state index is 13.6. The fourth-order valence-corrected chi connectivity index (χ4v) is 4.55. The lowest BCUT2D eigenvalue weighted by atomic mass is 10.0. The lowest BCUT2D eigenvalue weighted by Gasteiger charge is -2.12.